The lowest BCUT2D eigenvalue weighted by Crippen LogP contribution is -2.69. The summed E-state index contributed by atoms with van der Waals surface area (Å²) in [7, 11) is 0. The van der Waals surface area contributed by atoms with Crippen molar-refractivity contribution in [1.82, 2.24) is 0 Å². The molecule has 3 heterocycles. The van der Waals surface area contributed by atoms with Crippen molar-refractivity contribution in [2.75, 3.05) is 13.2 Å². The minimum absolute atomic E-state index is 0.0326. The van der Waals surface area contributed by atoms with Crippen LogP contribution >= 0.6 is 0 Å². The van der Waals surface area contributed by atoms with Crippen molar-refractivity contribution < 1.29 is 94.8 Å². The first-order valence-corrected chi connectivity index (χ1v) is 24.4. The van der Waals surface area contributed by atoms with Gasteiger partial charge in [-0.15, -0.1) is 0 Å². The topological polar surface area (TPSA) is 318 Å². The first-order valence-electron chi connectivity index (χ1n) is 24.4. The Bertz CT molecular complexity index is 1720. The molecule has 7 aliphatic rings. The normalized spacial score (nSPS) is 53.4. The fourth-order valence-corrected chi connectivity index (χ4v) is 14.9. The number of hydrogen-bond donors (Lipinski definition) is 13. The van der Waals surface area contributed by atoms with Gasteiger partial charge in [-0.3, -0.25) is 0 Å². The first-order chi connectivity index (χ1) is 31.1. The van der Waals surface area contributed by atoms with Crippen LogP contribution < -0.4 is 0 Å². The van der Waals surface area contributed by atoms with Gasteiger partial charge in [0.25, 0.3) is 0 Å². The van der Waals surface area contributed by atoms with Crippen LogP contribution in [0.2, 0.25) is 0 Å². The molecule has 7 fully saturated rings. The molecule has 19 heteroatoms. The van der Waals surface area contributed by atoms with Crippen molar-refractivity contribution in [2.24, 2.45) is 45.3 Å². The van der Waals surface area contributed by atoms with E-state index in [2.05, 4.69) is 27.4 Å². The number of aliphatic hydroxyl groups is 13. The molecule has 0 radical (unpaired) electrons. The first kappa shape index (κ1) is 53.8. The van der Waals surface area contributed by atoms with E-state index in [9.17, 15) is 66.4 Å². The van der Waals surface area contributed by atoms with Gasteiger partial charge in [0, 0.05) is 0 Å². The van der Waals surface area contributed by atoms with Crippen LogP contribution in [0.25, 0.3) is 0 Å². The quantitative estimate of drug-likeness (QED) is 0.0773. The highest BCUT2D eigenvalue weighted by molar-refractivity contribution is 5.21. The third kappa shape index (κ3) is 9.03. The Morgan fingerprint density at radius 2 is 1.27 bits per heavy atom. The van der Waals surface area contributed by atoms with Crippen molar-refractivity contribution >= 4 is 0 Å². The average molecular weight is 963 g/mol. The Kier molecular flexibility index (Phi) is 15.6. The molecule has 13 N–H and O–H groups in total. The SMILES string of the molecule is C=C(C)[C@@H](O)CC[C@](C)(O[C@@H]1O[C@H](CO[C@@H]2O[C@@H](C)[C@H](O)[C@@H](O)[C@H]2O)[C@@H](O)[C@H](O)[C@H]1O)[C@H]1CC[C@]2(C)[C@@H]1[C@H](O)C[C@@H]1[C@@]3(C)C[C@@H](O)[C@H](O[C@@H]4O[C@H](CO)[C@@H](O)[C@H](O)[C@H]4O)C(C)(C)[C@@H]3CC[C@]12C. The van der Waals surface area contributed by atoms with Crippen molar-refractivity contribution in [3.8, 4) is 0 Å². The zero-order chi connectivity index (χ0) is 49.7. The lowest BCUT2D eigenvalue weighted by atomic mass is 9.35. The maximum absolute atomic E-state index is 12.7. The van der Waals surface area contributed by atoms with Crippen LogP contribution in [-0.4, -0.2) is 202 Å². The van der Waals surface area contributed by atoms with Gasteiger partial charge >= 0.3 is 0 Å². The molecule has 3 saturated heterocycles. The van der Waals surface area contributed by atoms with E-state index in [1.165, 1.54) is 6.92 Å². The molecule has 67 heavy (non-hydrogen) atoms. The summed E-state index contributed by atoms with van der Waals surface area (Å²) in [6.45, 7) is 18.7. The molecular formula is C48H82O19. The second-order valence-corrected chi connectivity index (χ2v) is 23.2. The van der Waals surface area contributed by atoms with Crippen molar-refractivity contribution in [2.45, 2.75) is 229 Å². The van der Waals surface area contributed by atoms with Gasteiger partial charge < -0.3 is 94.8 Å². The zero-order valence-corrected chi connectivity index (χ0v) is 40.3. The van der Waals surface area contributed by atoms with E-state index in [0.717, 1.165) is 12.8 Å². The van der Waals surface area contributed by atoms with E-state index >= 15 is 0 Å². The fraction of sp³-hybridized carbons (Fsp3) is 0.958. The number of fused-ring (bicyclic) bond motifs is 5. The van der Waals surface area contributed by atoms with Gasteiger partial charge in [-0.05, 0) is 117 Å². The predicted octanol–water partition coefficient (Wildman–Crippen LogP) is -1.06. The van der Waals surface area contributed by atoms with Crippen molar-refractivity contribution in [1.29, 1.82) is 0 Å². The maximum Gasteiger partial charge on any atom is 0.187 e. The molecule has 0 unspecified atom stereocenters. The van der Waals surface area contributed by atoms with Gasteiger partial charge in [0.2, 0.25) is 0 Å². The van der Waals surface area contributed by atoms with Crippen LogP contribution in [0, 0.1) is 45.3 Å². The van der Waals surface area contributed by atoms with Crippen LogP contribution in [0.4, 0.5) is 0 Å². The summed E-state index contributed by atoms with van der Waals surface area (Å²) >= 11 is 0. The van der Waals surface area contributed by atoms with E-state index in [1.807, 2.05) is 20.8 Å². The highest BCUT2D eigenvalue weighted by atomic mass is 16.7. The molecule has 4 saturated carbocycles. The van der Waals surface area contributed by atoms with Crippen molar-refractivity contribution in [3.63, 3.8) is 0 Å². The van der Waals surface area contributed by atoms with E-state index in [1.54, 1.807) is 6.92 Å². The molecule has 7 rings (SSSR count). The second kappa shape index (κ2) is 19.4. The molecule has 19 nitrogen and oxygen atoms in total. The van der Waals surface area contributed by atoms with Gasteiger partial charge in [-0.2, -0.15) is 0 Å². The number of hydrogen-bond acceptors (Lipinski definition) is 19. The third-order valence-electron chi connectivity index (χ3n) is 19.0. The highest BCUT2D eigenvalue weighted by Crippen LogP contribution is 2.76. The maximum atomic E-state index is 12.7. The van der Waals surface area contributed by atoms with Gasteiger partial charge in [-0.25, -0.2) is 0 Å². The van der Waals surface area contributed by atoms with Crippen LogP contribution in [0.1, 0.15) is 107 Å². The molecule has 4 aliphatic carbocycles. The summed E-state index contributed by atoms with van der Waals surface area (Å²) in [4.78, 5) is 0. The summed E-state index contributed by atoms with van der Waals surface area (Å²) in [5, 5.41) is 142. The summed E-state index contributed by atoms with van der Waals surface area (Å²) < 4.78 is 36.4. The standard InChI is InChI=1S/C48H82O19/c1-20(2)23(50)11-15-48(9,67-43-39(61)36(58)33(55)27(65-43)19-62-41-37(59)34(56)31(53)21(3)63-41)22-10-13-47(8)30(22)24(51)16-29-45(6)17-25(52)40(44(4,5)28(45)12-14-46(29,47)7)66-42-38(60)35(57)32(54)26(18-49)64-42/h21-43,49-61H,1,10-19H2,2-9H3/t21-,22-,23-,24+,25+,26+,27+,28-,29+,30-,31-,32+,33+,34+,35-,36-,37+,38+,39+,40-,41+,42-,43-,45-,46+,47+,48-/m0/s1. The minimum Gasteiger partial charge on any atom is -0.394 e. The summed E-state index contributed by atoms with van der Waals surface area (Å²) in [5.74, 6) is -0.829. The second-order valence-electron chi connectivity index (χ2n) is 23.2. The van der Waals surface area contributed by atoms with E-state index in [-0.39, 0.29) is 41.9 Å². The predicted molar refractivity (Wildman–Crippen MR) is 235 cm³/mol. The molecule has 0 aromatic rings. The summed E-state index contributed by atoms with van der Waals surface area (Å²) in [6.07, 6.45) is -22.0. The lowest BCUT2D eigenvalue weighted by Gasteiger charge is -2.71. The average Bonchev–Trinajstić information content (AvgIpc) is 3.65. The van der Waals surface area contributed by atoms with Gasteiger partial charge in [0.05, 0.1) is 49.3 Å². The zero-order valence-electron chi connectivity index (χ0n) is 40.3. The monoisotopic (exact) mass is 963 g/mol. The molecule has 388 valence electrons. The van der Waals surface area contributed by atoms with E-state index < -0.39 is 152 Å². The molecule has 0 bridgehead atoms. The summed E-state index contributed by atoms with van der Waals surface area (Å²) in [5.41, 5.74) is -2.74. The van der Waals surface area contributed by atoms with Gasteiger partial charge in [0.1, 0.15) is 67.1 Å². The highest BCUT2D eigenvalue weighted by Gasteiger charge is 2.73. The molecule has 27 atom stereocenters. The molecular weight excluding hydrogens is 881 g/mol. The van der Waals surface area contributed by atoms with E-state index in [4.69, 9.17) is 28.4 Å². The molecule has 0 spiro atoms. The Morgan fingerprint density at radius 1 is 0.701 bits per heavy atom. The lowest BCUT2D eigenvalue weighted by molar-refractivity contribution is -0.350. The summed E-state index contributed by atoms with van der Waals surface area (Å²) in [6, 6.07) is 0. The Hall–Kier alpha value is -1.02. The largest absolute Gasteiger partial charge is 0.394 e. The molecule has 0 aromatic heterocycles. The number of rotatable bonds is 13. The smallest absolute Gasteiger partial charge is 0.187 e. The number of ether oxygens (including phenoxy) is 6. The van der Waals surface area contributed by atoms with Crippen molar-refractivity contribution in [3.05, 3.63) is 12.2 Å². The number of aliphatic hydroxyl groups excluding tert-OH is 13. The van der Waals surface area contributed by atoms with Crippen LogP contribution in [0.5, 0.6) is 0 Å². The van der Waals surface area contributed by atoms with Crippen LogP contribution in [0.3, 0.4) is 0 Å². The molecule has 3 aliphatic heterocycles. The van der Waals surface area contributed by atoms with Gasteiger partial charge in [-0.1, -0.05) is 46.8 Å². The minimum atomic E-state index is -1.76. The third-order valence-corrected chi connectivity index (χ3v) is 19.0. The molecule has 0 amide bonds. The van der Waals surface area contributed by atoms with E-state index in [0.29, 0.717) is 31.3 Å². The van der Waals surface area contributed by atoms with Crippen LogP contribution in [0.15, 0.2) is 12.2 Å². The Morgan fingerprint density at radius 3 is 1.90 bits per heavy atom. The molecule has 0 aromatic carbocycles. The Balaban J connectivity index is 1.13. The fourth-order valence-electron chi connectivity index (χ4n) is 14.9. The van der Waals surface area contributed by atoms with Gasteiger partial charge in [0.15, 0.2) is 18.9 Å². The van der Waals surface area contributed by atoms with Crippen LogP contribution in [-0.2, 0) is 28.4 Å². The Labute approximate surface area is 393 Å².